The van der Waals surface area contributed by atoms with Crippen LogP contribution in [-0.2, 0) is 6.54 Å². The Morgan fingerprint density at radius 3 is 2.59 bits per heavy atom. The monoisotopic (exact) mass is 405 g/mol. The molecule has 1 aromatic heterocycles. The first kappa shape index (κ1) is 19.2. The lowest BCUT2D eigenvalue weighted by atomic mass is 10.1. The number of carbonyl (C=O) groups is 1. The van der Waals surface area contributed by atoms with Crippen LogP contribution in [0.1, 0.15) is 35.8 Å². The summed E-state index contributed by atoms with van der Waals surface area (Å²) in [5.41, 5.74) is 0.483. The largest absolute Gasteiger partial charge is 0.345 e. The topological polar surface area (TPSA) is 84.0 Å². The van der Waals surface area contributed by atoms with Crippen molar-refractivity contribution in [2.45, 2.75) is 26.4 Å². The molecule has 0 aliphatic rings. The van der Waals surface area contributed by atoms with E-state index in [9.17, 15) is 14.4 Å². The van der Waals surface area contributed by atoms with Crippen molar-refractivity contribution < 1.29 is 4.79 Å². The Morgan fingerprint density at radius 1 is 1.19 bits per heavy atom. The first-order valence-corrected chi connectivity index (χ1v) is 9.10. The van der Waals surface area contributed by atoms with E-state index in [0.29, 0.717) is 26.5 Å². The molecule has 0 spiro atoms. The number of hydrogen-bond acceptors (Lipinski definition) is 3. The highest BCUT2D eigenvalue weighted by Crippen LogP contribution is 2.26. The summed E-state index contributed by atoms with van der Waals surface area (Å²) in [5.74, 6) is -0.351. The van der Waals surface area contributed by atoms with Crippen LogP contribution in [0.4, 0.5) is 0 Å². The van der Waals surface area contributed by atoms with Gasteiger partial charge in [-0.25, -0.2) is 4.79 Å². The maximum absolute atomic E-state index is 12.6. The van der Waals surface area contributed by atoms with Gasteiger partial charge in [0.25, 0.3) is 11.5 Å². The molecule has 27 heavy (non-hydrogen) atoms. The van der Waals surface area contributed by atoms with Gasteiger partial charge in [-0.3, -0.25) is 14.2 Å². The quantitative estimate of drug-likeness (QED) is 0.696. The molecule has 2 aromatic carbocycles. The number of H-pyrrole nitrogens is 1. The zero-order valence-corrected chi connectivity index (χ0v) is 16.2. The van der Waals surface area contributed by atoms with E-state index in [2.05, 4.69) is 10.3 Å². The van der Waals surface area contributed by atoms with Gasteiger partial charge in [0.1, 0.15) is 0 Å². The Hall–Kier alpha value is -2.57. The summed E-state index contributed by atoms with van der Waals surface area (Å²) < 4.78 is 1.10. The van der Waals surface area contributed by atoms with Crippen LogP contribution < -0.4 is 16.6 Å². The standard InChI is InChI=1S/C19H17Cl2N3O3/c1-3-24-18(26)14-6-4-11(8-16(14)23-19(24)27)17(25)22-10(2)13-7-5-12(20)9-15(13)21/h4-10H,3H2,1-2H3,(H,22,25)(H,23,27). The van der Waals surface area contributed by atoms with Gasteiger partial charge in [-0.1, -0.05) is 29.3 Å². The molecule has 8 heteroatoms. The van der Waals surface area contributed by atoms with E-state index in [1.807, 2.05) is 0 Å². The van der Waals surface area contributed by atoms with E-state index >= 15 is 0 Å². The van der Waals surface area contributed by atoms with E-state index in [-0.39, 0.29) is 24.1 Å². The third kappa shape index (κ3) is 3.77. The van der Waals surface area contributed by atoms with Crippen molar-refractivity contribution in [3.8, 4) is 0 Å². The third-order valence-corrected chi connectivity index (χ3v) is 4.90. The van der Waals surface area contributed by atoms with Crippen LogP contribution in [0.3, 0.4) is 0 Å². The van der Waals surface area contributed by atoms with Gasteiger partial charge in [-0.05, 0) is 49.7 Å². The summed E-state index contributed by atoms with van der Waals surface area (Å²) in [6, 6.07) is 9.28. The normalized spacial score (nSPS) is 12.1. The number of amides is 1. The van der Waals surface area contributed by atoms with Crippen LogP contribution in [0.5, 0.6) is 0 Å². The number of rotatable bonds is 4. The Labute approximate surface area is 164 Å². The van der Waals surface area contributed by atoms with E-state index in [0.717, 1.165) is 10.1 Å². The molecule has 1 atom stereocenters. The van der Waals surface area contributed by atoms with Crippen molar-refractivity contribution in [2.75, 3.05) is 0 Å². The fraction of sp³-hybridized carbons (Fsp3) is 0.211. The van der Waals surface area contributed by atoms with Gasteiger partial charge in [0, 0.05) is 22.2 Å². The smallest absolute Gasteiger partial charge is 0.328 e. The number of nitrogens with one attached hydrogen (secondary N) is 2. The van der Waals surface area contributed by atoms with Crippen LogP contribution in [0.15, 0.2) is 46.0 Å². The number of benzene rings is 2. The highest BCUT2D eigenvalue weighted by Gasteiger charge is 2.16. The lowest BCUT2D eigenvalue weighted by Crippen LogP contribution is -2.34. The van der Waals surface area contributed by atoms with Gasteiger partial charge in [-0.2, -0.15) is 0 Å². The zero-order valence-electron chi connectivity index (χ0n) is 14.7. The van der Waals surface area contributed by atoms with Crippen molar-refractivity contribution in [3.63, 3.8) is 0 Å². The van der Waals surface area contributed by atoms with Crippen molar-refractivity contribution >= 4 is 40.0 Å². The van der Waals surface area contributed by atoms with E-state index < -0.39 is 5.69 Å². The second-order valence-electron chi connectivity index (χ2n) is 6.10. The Balaban J connectivity index is 1.92. The Kier molecular flexibility index (Phi) is 5.39. The van der Waals surface area contributed by atoms with Crippen molar-refractivity contribution in [1.82, 2.24) is 14.9 Å². The van der Waals surface area contributed by atoms with Gasteiger partial charge >= 0.3 is 5.69 Å². The molecule has 1 amide bonds. The fourth-order valence-corrected chi connectivity index (χ4v) is 3.47. The molecule has 0 aliphatic heterocycles. The van der Waals surface area contributed by atoms with Gasteiger partial charge in [0.15, 0.2) is 0 Å². The minimum atomic E-state index is -0.506. The summed E-state index contributed by atoms with van der Waals surface area (Å²) in [6.07, 6.45) is 0. The molecule has 0 bridgehead atoms. The van der Waals surface area contributed by atoms with Gasteiger partial charge in [-0.15, -0.1) is 0 Å². The van der Waals surface area contributed by atoms with E-state index in [4.69, 9.17) is 23.2 Å². The number of hydrogen-bond donors (Lipinski definition) is 2. The molecular formula is C19H17Cl2N3O3. The van der Waals surface area contributed by atoms with Crippen LogP contribution in [0.2, 0.25) is 10.0 Å². The molecule has 0 saturated heterocycles. The molecule has 0 radical (unpaired) electrons. The molecule has 0 saturated carbocycles. The summed E-state index contributed by atoms with van der Waals surface area (Å²) in [7, 11) is 0. The average molecular weight is 406 g/mol. The zero-order chi connectivity index (χ0) is 19.7. The van der Waals surface area contributed by atoms with E-state index in [1.165, 1.54) is 12.1 Å². The molecule has 1 unspecified atom stereocenters. The summed E-state index contributed by atoms with van der Waals surface area (Å²) in [4.78, 5) is 39.5. The SMILES string of the molecule is CCn1c(=O)[nH]c2cc(C(=O)NC(C)c3ccc(Cl)cc3Cl)ccc2c1=O. The van der Waals surface area contributed by atoms with Crippen LogP contribution in [0.25, 0.3) is 10.9 Å². The average Bonchev–Trinajstić information content (AvgIpc) is 2.61. The predicted octanol–water partition coefficient (Wildman–Crippen LogP) is 3.51. The Morgan fingerprint density at radius 2 is 1.93 bits per heavy atom. The minimum absolute atomic E-state index is 0.270. The van der Waals surface area contributed by atoms with Crippen LogP contribution in [-0.4, -0.2) is 15.5 Å². The molecular weight excluding hydrogens is 389 g/mol. The predicted molar refractivity (Wildman–Crippen MR) is 107 cm³/mol. The summed E-state index contributed by atoms with van der Waals surface area (Å²) in [5, 5.41) is 4.17. The third-order valence-electron chi connectivity index (χ3n) is 4.34. The molecule has 6 nitrogen and oxygen atoms in total. The fourth-order valence-electron chi connectivity index (χ4n) is 2.89. The molecule has 140 valence electrons. The van der Waals surface area contributed by atoms with E-state index in [1.54, 1.807) is 38.1 Å². The van der Waals surface area contributed by atoms with Gasteiger partial charge in [0.05, 0.1) is 16.9 Å². The molecule has 0 aliphatic carbocycles. The number of aromatic amines is 1. The van der Waals surface area contributed by atoms with Crippen LogP contribution in [0, 0.1) is 0 Å². The van der Waals surface area contributed by atoms with Gasteiger partial charge < -0.3 is 10.3 Å². The molecule has 3 rings (SSSR count). The number of aromatic nitrogens is 2. The first-order valence-electron chi connectivity index (χ1n) is 8.34. The molecule has 3 aromatic rings. The number of fused-ring (bicyclic) bond motifs is 1. The maximum atomic E-state index is 12.6. The highest BCUT2D eigenvalue weighted by atomic mass is 35.5. The van der Waals surface area contributed by atoms with Crippen molar-refractivity contribution in [2.24, 2.45) is 0 Å². The second kappa shape index (κ2) is 7.58. The first-order chi connectivity index (χ1) is 12.8. The molecule has 0 fully saturated rings. The van der Waals surface area contributed by atoms with Crippen LogP contribution >= 0.6 is 23.2 Å². The molecule has 1 heterocycles. The maximum Gasteiger partial charge on any atom is 0.328 e. The highest BCUT2D eigenvalue weighted by molar-refractivity contribution is 6.35. The summed E-state index contributed by atoms with van der Waals surface area (Å²) >= 11 is 12.1. The lowest BCUT2D eigenvalue weighted by molar-refractivity contribution is 0.0940. The Bertz CT molecular complexity index is 1150. The number of halogens is 2. The lowest BCUT2D eigenvalue weighted by Gasteiger charge is -2.16. The molecule has 2 N–H and O–H groups in total. The van der Waals surface area contributed by atoms with Crippen molar-refractivity contribution in [1.29, 1.82) is 0 Å². The van der Waals surface area contributed by atoms with Crippen molar-refractivity contribution in [3.05, 3.63) is 78.4 Å². The minimum Gasteiger partial charge on any atom is -0.345 e. The number of nitrogens with zero attached hydrogens (tertiary/aromatic N) is 1. The summed E-state index contributed by atoms with van der Waals surface area (Å²) in [6.45, 7) is 3.79. The second-order valence-corrected chi connectivity index (χ2v) is 6.94. The number of carbonyl (C=O) groups excluding carboxylic acids is 1. The van der Waals surface area contributed by atoms with Gasteiger partial charge in [0.2, 0.25) is 0 Å².